The molecule has 0 aliphatic heterocycles. The van der Waals surface area contributed by atoms with Gasteiger partial charge in [0, 0.05) is 12.2 Å². The second-order valence-electron chi connectivity index (χ2n) is 4.07. The van der Waals surface area contributed by atoms with E-state index in [9.17, 15) is 13.2 Å². The van der Waals surface area contributed by atoms with Crippen molar-refractivity contribution in [2.75, 3.05) is 5.32 Å². The molecule has 0 bridgehead atoms. The Balaban J connectivity index is 2.06. The lowest BCUT2D eigenvalue weighted by atomic mass is 10.2. The number of hydrogen-bond acceptors (Lipinski definition) is 1. The van der Waals surface area contributed by atoms with Gasteiger partial charge in [0.2, 0.25) is 0 Å². The van der Waals surface area contributed by atoms with E-state index in [2.05, 4.69) is 5.32 Å². The molecule has 0 unspecified atom stereocenters. The molecule has 0 saturated carbocycles. The summed E-state index contributed by atoms with van der Waals surface area (Å²) in [6.45, 7) is 2.01. The van der Waals surface area contributed by atoms with Crippen molar-refractivity contribution in [2.24, 2.45) is 0 Å². The third kappa shape index (κ3) is 2.83. The van der Waals surface area contributed by atoms with Gasteiger partial charge >= 0.3 is 0 Å². The van der Waals surface area contributed by atoms with Crippen LogP contribution in [0.15, 0.2) is 36.4 Å². The van der Waals surface area contributed by atoms with E-state index in [1.807, 2.05) is 0 Å². The number of hydrogen-bond donors (Lipinski definition) is 1. The quantitative estimate of drug-likeness (QED) is 0.868. The first-order chi connectivity index (χ1) is 8.56. The molecule has 0 atom stereocenters. The van der Waals surface area contributed by atoms with Gasteiger partial charge in [0.25, 0.3) is 0 Å². The van der Waals surface area contributed by atoms with E-state index in [0.717, 1.165) is 17.8 Å². The lowest BCUT2D eigenvalue weighted by molar-refractivity contribution is 0.507. The molecule has 0 aliphatic rings. The van der Waals surface area contributed by atoms with Crippen LogP contribution < -0.4 is 5.32 Å². The highest BCUT2D eigenvalue weighted by Crippen LogP contribution is 2.15. The minimum atomic E-state index is -0.871. The summed E-state index contributed by atoms with van der Waals surface area (Å²) < 4.78 is 38.7. The maximum atomic E-state index is 13.0. The maximum absolute atomic E-state index is 13.0. The van der Waals surface area contributed by atoms with E-state index in [-0.39, 0.29) is 5.82 Å². The molecule has 2 aromatic rings. The fraction of sp³-hybridized carbons (Fsp3) is 0.143. The number of rotatable bonds is 3. The van der Waals surface area contributed by atoms with Gasteiger partial charge in [-0.1, -0.05) is 6.07 Å². The van der Waals surface area contributed by atoms with Crippen molar-refractivity contribution >= 4 is 5.69 Å². The van der Waals surface area contributed by atoms with Crippen molar-refractivity contribution in [1.82, 2.24) is 0 Å². The molecule has 18 heavy (non-hydrogen) atoms. The standard InChI is InChI=1S/C14H12F3N/c1-9-6-11(3-5-12(9)15)18-8-10-2-4-13(16)14(17)7-10/h2-7,18H,8H2,1H3. The molecule has 0 amide bonds. The van der Waals surface area contributed by atoms with Gasteiger partial charge in [0.15, 0.2) is 11.6 Å². The molecule has 1 nitrogen and oxygen atoms in total. The SMILES string of the molecule is Cc1cc(NCc2ccc(F)c(F)c2)ccc1F. The Morgan fingerprint density at radius 1 is 0.889 bits per heavy atom. The summed E-state index contributed by atoms with van der Waals surface area (Å²) in [5.41, 5.74) is 1.89. The molecule has 0 aromatic heterocycles. The van der Waals surface area contributed by atoms with E-state index in [1.54, 1.807) is 19.1 Å². The molecule has 4 heteroatoms. The van der Waals surface area contributed by atoms with Gasteiger partial charge in [-0.2, -0.15) is 0 Å². The fourth-order valence-electron chi connectivity index (χ4n) is 1.61. The van der Waals surface area contributed by atoms with Crippen LogP contribution >= 0.6 is 0 Å². The lowest BCUT2D eigenvalue weighted by Gasteiger charge is -2.08. The predicted molar refractivity (Wildman–Crippen MR) is 64.8 cm³/mol. The van der Waals surface area contributed by atoms with Crippen LogP contribution in [0.1, 0.15) is 11.1 Å². The smallest absolute Gasteiger partial charge is 0.159 e. The van der Waals surface area contributed by atoms with Crippen LogP contribution in [-0.2, 0) is 6.54 Å². The largest absolute Gasteiger partial charge is 0.381 e. The Morgan fingerprint density at radius 2 is 1.61 bits per heavy atom. The molecular formula is C14H12F3N. The molecule has 2 aromatic carbocycles. The molecule has 0 saturated heterocycles. The zero-order valence-corrected chi connectivity index (χ0v) is 9.81. The van der Waals surface area contributed by atoms with Crippen LogP contribution in [0.4, 0.5) is 18.9 Å². The van der Waals surface area contributed by atoms with Gasteiger partial charge in [0.1, 0.15) is 5.82 Å². The van der Waals surface area contributed by atoms with E-state index in [0.29, 0.717) is 17.7 Å². The van der Waals surface area contributed by atoms with Crippen molar-refractivity contribution < 1.29 is 13.2 Å². The molecule has 2 rings (SSSR count). The third-order valence-corrected chi connectivity index (χ3v) is 2.64. The number of anilines is 1. The summed E-state index contributed by atoms with van der Waals surface area (Å²) in [4.78, 5) is 0. The maximum Gasteiger partial charge on any atom is 0.159 e. The highest BCUT2D eigenvalue weighted by Gasteiger charge is 2.03. The van der Waals surface area contributed by atoms with Crippen molar-refractivity contribution in [3.05, 3.63) is 65.0 Å². The minimum absolute atomic E-state index is 0.270. The molecular weight excluding hydrogens is 239 g/mol. The first kappa shape index (κ1) is 12.5. The molecule has 0 radical (unpaired) electrons. The van der Waals surface area contributed by atoms with Crippen LogP contribution in [0.2, 0.25) is 0 Å². The predicted octanol–water partition coefficient (Wildman–Crippen LogP) is 4.02. The van der Waals surface area contributed by atoms with E-state index >= 15 is 0 Å². The highest BCUT2D eigenvalue weighted by molar-refractivity contribution is 5.46. The Labute approximate surface area is 103 Å². The summed E-state index contributed by atoms with van der Waals surface area (Å²) in [7, 11) is 0. The molecule has 0 fully saturated rings. The van der Waals surface area contributed by atoms with Crippen LogP contribution in [0.5, 0.6) is 0 Å². The normalized spacial score (nSPS) is 10.4. The summed E-state index contributed by atoms with van der Waals surface area (Å²) in [6.07, 6.45) is 0. The first-order valence-corrected chi connectivity index (χ1v) is 5.50. The summed E-state index contributed by atoms with van der Waals surface area (Å²) >= 11 is 0. The van der Waals surface area contributed by atoms with E-state index in [4.69, 9.17) is 0 Å². The van der Waals surface area contributed by atoms with Gasteiger partial charge in [-0.25, -0.2) is 13.2 Å². The zero-order chi connectivity index (χ0) is 13.1. The van der Waals surface area contributed by atoms with Crippen molar-refractivity contribution in [1.29, 1.82) is 0 Å². The van der Waals surface area contributed by atoms with Crippen molar-refractivity contribution in [3.63, 3.8) is 0 Å². The van der Waals surface area contributed by atoms with Gasteiger partial charge in [-0.05, 0) is 48.4 Å². The number of benzene rings is 2. The zero-order valence-electron chi connectivity index (χ0n) is 9.81. The summed E-state index contributed by atoms with van der Waals surface area (Å²) in [5.74, 6) is -2.01. The van der Waals surface area contributed by atoms with Crippen molar-refractivity contribution in [3.8, 4) is 0 Å². The Bertz CT molecular complexity index is 515. The Hall–Kier alpha value is -1.97. The van der Waals surface area contributed by atoms with Gasteiger partial charge in [-0.3, -0.25) is 0 Å². The Kier molecular flexibility index (Phi) is 3.55. The van der Waals surface area contributed by atoms with Gasteiger partial charge in [0.05, 0.1) is 0 Å². The average Bonchev–Trinajstić information content (AvgIpc) is 2.35. The minimum Gasteiger partial charge on any atom is -0.381 e. The van der Waals surface area contributed by atoms with Crippen LogP contribution in [0, 0.1) is 24.4 Å². The van der Waals surface area contributed by atoms with Crippen LogP contribution in [0.3, 0.4) is 0 Å². The van der Waals surface area contributed by atoms with Crippen LogP contribution in [0.25, 0.3) is 0 Å². The Morgan fingerprint density at radius 3 is 2.28 bits per heavy atom. The number of aryl methyl sites for hydroxylation is 1. The third-order valence-electron chi connectivity index (χ3n) is 2.64. The highest BCUT2D eigenvalue weighted by atomic mass is 19.2. The topological polar surface area (TPSA) is 12.0 Å². The molecule has 94 valence electrons. The molecule has 1 N–H and O–H groups in total. The first-order valence-electron chi connectivity index (χ1n) is 5.50. The molecule has 0 heterocycles. The molecule has 0 aliphatic carbocycles. The molecule has 0 spiro atoms. The second-order valence-corrected chi connectivity index (χ2v) is 4.07. The van der Waals surface area contributed by atoms with Crippen LogP contribution in [-0.4, -0.2) is 0 Å². The average molecular weight is 251 g/mol. The monoisotopic (exact) mass is 251 g/mol. The van der Waals surface area contributed by atoms with E-state index in [1.165, 1.54) is 12.1 Å². The van der Waals surface area contributed by atoms with Crippen molar-refractivity contribution in [2.45, 2.75) is 13.5 Å². The van der Waals surface area contributed by atoms with Gasteiger partial charge < -0.3 is 5.32 Å². The lowest BCUT2D eigenvalue weighted by Crippen LogP contribution is -2.01. The van der Waals surface area contributed by atoms with Gasteiger partial charge in [-0.15, -0.1) is 0 Å². The van der Waals surface area contributed by atoms with E-state index < -0.39 is 11.6 Å². The second kappa shape index (κ2) is 5.12. The fourth-order valence-corrected chi connectivity index (χ4v) is 1.61. The summed E-state index contributed by atoms with van der Waals surface area (Å²) in [6, 6.07) is 8.35. The summed E-state index contributed by atoms with van der Waals surface area (Å²) in [5, 5.41) is 3.02. The number of halogens is 3. The number of nitrogens with one attached hydrogen (secondary N) is 1.